The van der Waals surface area contributed by atoms with E-state index in [0.717, 1.165) is 10.0 Å². The summed E-state index contributed by atoms with van der Waals surface area (Å²) in [5.74, 6) is 0. The molecule has 0 aromatic heterocycles. The summed E-state index contributed by atoms with van der Waals surface area (Å²) >= 11 is 9.23. The third-order valence-corrected chi connectivity index (χ3v) is 5.65. The number of hydrogen-bond donors (Lipinski definition) is 1. The molecule has 4 nitrogen and oxygen atoms in total. The molecule has 2 rings (SSSR count). The van der Waals surface area contributed by atoms with E-state index >= 15 is 0 Å². The maximum absolute atomic E-state index is 12.5. The Morgan fingerprint density at radius 3 is 2.38 bits per heavy atom. The molecular formula is C14H14BrClN2O2S. The van der Waals surface area contributed by atoms with E-state index in [9.17, 15) is 8.42 Å². The minimum atomic E-state index is -3.60. The first-order chi connectivity index (χ1) is 9.80. The monoisotopic (exact) mass is 388 g/mol. The van der Waals surface area contributed by atoms with Crippen molar-refractivity contribution in [1.82, 2.24) is 4.31 Å². The second kappa shape index (κ2) is 6.36. The first-order valence-electron chi connectivity index (χ1n) is 6.06. The highest BCUT2D eigenvalue weighted by Gasteiger charge is 2.21. The van der Waals surface area contributed by atoms with E-state index in [2.05, 4.69) is 15.9 Å². The Morgan fingerprint density at radius 2 is 1.81 bits per heavy atom. The van der Waals surface area contributed by atoms with Gasteiger partial charge in [0.25, 0.3) is 0 Å². The van der Waals surface area contributed by atoms with Crippen LogP contribution < -0.4 is 5.73 Å². The quantitative estimate of drug-likeness (QED) is 0.814. The number of hydrogen-bond acceptors (Lipinski definition) is 3. The SMILES string of the molecule is CN(Cc1ccc(Br)cc1)S(=O)(=O)c1ccc(N)c(Cl)c1. The van der Waals surface area contributed by atoms with E-state index in [-0.39, 0.29) is 16.5 Å². The molecule has 0 aliphatic rings. The van der Waals surface area contributed by atoms with Crippen LogP contribution in [0.1, 0.15) is 5.56 Å². The van der Waals surface area contributed by atoms with Crippen LogP contribution in [0.5, 0.6) is 0 Å². The molecule has 0 aliphatic carbocycles. The standard InChI is InChI=1S/C14H14BrClN2O2S/c1-18(9-10-2-4-11(15)5-3-10)21(19,20)12-6-7-14(17)13(16)8-12/h2-8H,9,17H2,1H3. The lowest BCUT2D eigenvalue weighted by molar-refractivity contribution is 0.467. The van der Waals surface area contributed by atoms with Crippen molar-refractivity contribution in [1.29, 1.82) is 0 Å². The summed E-state index contributed by atoms with van der Waals surface area (Å²) in [6, 6.07) is 11.8. The highest BCUT2D eigenvalue weighted by atomic mass is 79.9. The average Bonchev–Trinajstić information content (AvgIpc) is 2.44. The third-order valence-electron chi connectivity index (χ3n) is 3.00. The number of nitrogens with zero attached hydrogens (tertiary/aromatic N) is 1. The van der Waals surface area contributed by atoms with Crippen molar-refractivity contribution in [2.24, 2.45) is 0 Å². The van der Waals surface area contributed by atoms with Crippen LogP contribution in [-0.2, 0) is 16.6 Å². The number of benzene rings is 2. The molecule has 0 unspecified atom stereocenters. The molecule has 0 saturated heterocycles. The Balaban J connectivity index is 2.25. The van der Waals surface area contributed by atoms with Gasteiger partial charge in [0.15, 0.2) is 0 Å². The first-order valence-corrected chi connectivity index (χ1v) is 8.67. The summed E-state index contributed by atoms with van der Waals surface area (Å²) in [4.78, 5) is 0.126. The molecule has 2 aromatic rings. The lowest BCUT2D eigenvalue weighted by Crippen LogP contribution is -2.26. The molecule has 21 heavy (non-hydrogen) atoms. The molecule has 2 N–H and O–H groups in total. The molecule has 7 heteroatoms. The van der Waals surface area contributed by atoms with Gasteiger partial charge in [-0.3, -0.25) is 0 Å². The molecular weight excluding hydrogens is 376 g/mol. The Bertz CT molecular complexity index is 748. The van der Waals surface area contributed by atoms with Gasteiger partial charge in [0, 0.05) is 18.1 Å². The Hall–Kier alpha value is -1.08. The van der Waals surface area contributed by atoms with Gasteiger partial charge < -0.3 is 5.73 Å². The van der Waals surface area contributed by atoms with E-state index < -0.39 is 10.0 Å². The van der Waals surface area contributed by atoms with Gasteiger partial charge in [0.1, 0.15) is 0 Å². The number of halogens is 2. The predicted molar refractivity (Wildman–Crippen MR) is 88.7 cm³/mol. The summed E-state index contributed by atoms with van der Waals surface area (Å²) in [5.41, 5.74) is 6.85. The molecule has 0 atom stereocenters. The van der Waals surface area contributed by atoms with E-state index in [1.807, 2.05) is 24.3 Å². The highest BCUT2D eigenvalue weighted by Crippen LogP contribution is 2.25. The molecule has 0 saturated carbocycles. The summed E-state index contributed by atoms with van der Waals surface area (Å²) in [5, 5.41) is 0.230. The molecule has 0 spiro atoms. The summed E-state index contributed by atoms with van der Waals surface area (Å²) in [7, 11) is -2.08. The summed E-state index contributed by atoms with van der Waals surface area (Å²) in [6.07, 6.45) is 0. The van der Waals surface area contributed by atoms with Gasteiger partial charge >= 0.3 is 0 Å². The second-order valence-electron chi connectivity index (χ2n) is 4.57. The van der Waals surface area contributed by atoms with Crippen LogP contribution in [0, 0.1) is 0 Å². The number of nitrogen functional groups attached to an aromatic ring is 1. The topological polar surface area (TPSA) is 63.4 Å². The molecule has 0 radical (unpaired) electrons. The van der Waals surface area contributed by atoms with Crippen LogP contribution in [0.4, 0.5) is 5.69 Å². The first kappa shape index (κ1) is 16.3. The van der Waals surface area contributed by atoms with Gasteiger partial charge in [0.2, 0.25) is 10.0 Å². The number of nitrogens with two attached hydrogens (primary N) is 1. The van der Waals surface area contributed by atoms with Crippen molar-refractivity contribution in [3.63, 3.8) is 0 Å². The molecule has 0 aliphatic heterocycles. The summed E-state index contributed by atoms with van der Waals surface area (Å²) in [6.45, 7) is 0.275. The van der Waals surface area contributed by atoms with E-state index in [4.69, 9.17) is 17.3 Å². The molecule has 0 bridgehead atoms. The van der Waals surface area contributed by atoms with Gasteiger partial charge in [-0.2, -0.15) is 4.31 Å². The minimum Gasteiger partial charge on any atom is -0.398 e. The van der Waals surface area contributed by atoms with Gasteiger partial charge in [-0.05, 0) is 35.9 Å². The van der Waals surface area contributed by atoms with Crippen molar-refractivity contribution in [3.8, 4) is 0 Å². The second-order valence-corrected chi connectivity index (χ2v) is 7.94. The molecule has 0 amide bonds. The Labute approximate surface area is 137 Å². The summed E-state index contributed by atoms with van der Waals surface area (Å²) < 4.78 is 27.2. The number of sulfonamides is 1. The lowest BCUT2D eigenvalue weighted by atomic mass is 10.2. The van der Waals surface area contributed by atoms with Crippen LogP contribution in [0.3, 0.4) is 0 Å². The van der Waals surface area contributed by atoms with Gasteiger partial charge in [-0.25, -0.2) is 8.42 Å². The van der Waals surface area contributed by atoms with Crippen molar-refractivity contribution in [2.75, 3.05) is 12.8 Å². The van der Waals surface area contributed by atoms with E-state index in [1.165, 1.54) is 29.6 Å². The fraction of sp³-hybridized carbons (Fsp3) is 0.143. The van der Waals surface area contributed by atoms with Crippen molar-refractivity contribution >= 4 is 43.2 Å². The normalized spacial score (nSPS) is 11.8. The zero-order chi connectivity index (χ0) is 15.6. The lowest BCUT2D eigenvalue weighted by Gasteiger charge is -2.17. The van der Waals surface area contributed by atoms with Gasteiger partial charge in [0.05, 0.1) is 15.6 Å². The number of anilines is 1. The smallest absolute Gasteiger partial charge is 0.243 e. The molecule has 0 heterocycles. The maximum Gasteiger partial charge on any atom is 0.243 e. The van der Waals surface area contributed by atoms with Crippen LogP contribution in [0.15, 0.2) is 51.8 Å². The molecule has 2 aromatic carbocycles. The third kappa shape index (κ3) is 3.77. The average molecular weight is 390 g/mol. The molecule has 0 fully saturated rings. The van der Waals surface area contributed by atoms with Crippen molar-refractivity contribution in [3.05, 3.63) is 57.5 Å². The Kier molecular flexibility index (Phi) is 4.93. The van der Waals surface area contributed by atoms with Crippen LogP contribution in [-0.4, -0.2) is 19.8 Å². The van der Waals surface area contributed by atoms with Gasteiger partial charge in [-0.1, -0.05) is 39.7 Å². The van der Waals surface area contributed by atoms with Crippen LogP contribution >= 0.6 is 27.5 Å². The fourth-order valence-electron chi connectivity index (χ4n) is 1.78. The number of rotatable bonds is 4. The highest BCUT2D eigenvalue weighted by molar-refractivity contribution is 9.10. The van der Waals surface area contributed by atoms with Crippen LogP contribution in [0.25, 0.3) is 0 Å². The van der Waals surface area contributed by atoms with E-state index in [1.54, 1.807) is 0 Å². The van der Waals surface area contributed by atoms with Gasteiger partial charge in [-0.15, -0.1) is 0 Å². The van der Waals surface area contributed by atoms with Crippen molar-refractivity contribution < 1.29 is 8.42 Å². The zero-order valence-electron chi connectivity index (χ0n) is 11.3. The van der Waals surface area contributed by atoms with Crippen LogP contribution in [0.2, 0.25) is 5.02 Å². The predicted octanol–water partition coefficient (Wildman–Crippen LogP) is 3.51. The zero-order valence-corrected chi connectivity index (χ0v) is 14.4. The molecule has 112 valence electrons. The fourth-order valence-corrected chi connectivity index (χ4v) is 3.48. The van der Waals surface area contributed by atoms with E-state index in [0.29, 0.717) is 5.69 Å². The Morgan fingerprint density at radius 1 is 1.19 bits per heavy atom. The maximum atomic E-state index is 12.5. The largest absolute Gasteiger partial charge is 0.398 e. The minimum absolute atomic E-state index is 0.126. The van der Waals surface area contributed by atoms with Crippen molar-refractivity contribution in [2.45, 2.75) is 11.4 Å².